The van der Waals surface area contributed by atoms with Crippen LogP contribution in [0.4, 0.5) is 0 Å². The molecule has 0 saturated heterocycles. The van der Waals surface area contributed by atoms with Gasteiger partial charge in [-0.05, 0) is 42.0 Å². The van der Waals surface area contributed by atoms with Crippen LogP contribution >= 0.6 is 27.3 Å². The van der Waals surface area contributed by atoms with Crippen molar-refractivity contribution in [3.8, 4) is 0 Å². The summed E-state index contributed by atoms with van der Waals surface area (Å²) in [5.41, 5.74) is 5.46. The SMILES string of the molecule is Cc1sccc1C(Cc1ccccc1Br)NN. The van der Waals surface area contributed by atoms with Gasteiger partial charge in [0.2, 0.25) is 0 Å². The molecule has 0 amide bonds. The van der Waals surface area contributed by atoms with Gasteiger partial charge in [0.15, 0.2) is 0 Å². The zero-order valence-corrected chi connectivity index (χ0v) is 12.0. The van der Waals surface area contributed by atoms with Gasteiger partial charge < -0.3 is 0 Å². The summed E-state index contributed by atoms with van der Waals surface area (Å²) in [6.45, 7) is 2.13. The fraction of sp³-hybridized carbons (Fsp3) is 0.231. The molecular weight excluding hydrogens is 296 g/mol. The Hall–Kier alpha value is -0.680. The Kier molecular flexibility index (Phi) is 4.34. The van der Waals surface area contributed by atoms with Crippen LogP contribution in [-0.2, 0) is 6.42 Å². The molecule has 1 aromatic heterocycles. The number of hydrazine groups is 1. The van der Waals surface area contributed by atoms with Crippen molar-refractivity contribution in [1.29, 1.82) is 0 Å². The summed E-state index contributed by atoms with van der Waals surface area (Å²) in [5.74, 6) is 5.67. The van der Waals surface area contributed by atoms with Gasteiger partial charge >= 0.3 is 0 Å². The first-order valence-corrected chi connectivity index (χ1v) is 7.13. The standard InChI is InChI=1S/C13H15BrN2S/c1-9-11(6-7-17-9)13(16-15)8-10-4-2-3-5-12(10)14/h2-7,13,16H,8,15H2,1H3. The summed E-state index contributed by atoms with van der Waals surface area (Å²) in [6.07, 6.45) is 0.884. The molecule has 4 heteroatoms. The van der Waals surface area contributed by atoms with E-state index in [4.69, 9.17) is 5.84 Å². The maximum Gasteiger partial charge on any atom is 0.0511 e. The fourth-order valence-electron chi connectivity index (χ4n) is 1.90. The lowest BCUT2D eigenvalue weighted by molar-refractivity contribution is 0.550. The lowest BCUT2D eigenvalue weighted by Crippen LogP contribution is -2.29. The molecule has 1 atom stereocenters. The minimum Gasteiger partial charge on any atom is -0.271 e. The first kappa shape index (κ1) is 12.8. The molecule has 2 nitrogen and oxygen atoms in total. The second-order valence-electron chi connectivity index (χ2n) is 3.95. The highest BCUT2D eigenvalue weighted by molar-refractivity contribution is 9.10. The highest BCUT2D eigenvalue weighted by Crippen LogP contribution is 2.27. The monoisotopic (exact) mass is 310 g/mol. The fourth-order valence-corrected chi connectivity index (χ4v) is 3.11. The molecular formula is C13H15BrN2S. The molecule has 0 aliphatic rings. The summed E-state index contributed by atoms with van der Waals surface area (Å²) in [4.78, 5) is 1.32. The Balaban J connectivity index is 2.22. The molecule has 90 valence electrons. The smallest absolute Gasteiger partial charge is 0.0511 e. The Morgan fingerprint density at radius 3 is 2.71 bits per heavy atom. The molecule has 2 rings (SSSR count). The predicted molar refractivity (Wildman–Crippen MR) is 77.0 cm³/mol. The molecule has 0 aliphatic heterocycles. The Morgan fingerprint density at radius 2 is 2.12 bits per heavy atom. The molecule has 2 aromatic rings. The van der Waals surface area contributed by atoms with E-state index in [1.807, 2.05) is 12.1 Å². The van der Waals surface area contributed by atoms with Gasteiger partial charge in [0.05, 0.1) is 6.04 Å². The van der Waals surface area contributed by atoms with E-state index in [1.54, 1.807) is 11.3 Å². The molecule has 3 N–H and O–H groups in total. The van der Waals surface area contributed by atoms with Crippen molar-refractivity contribution in [3.05, 3.63) is 56.2 Å². The van der Waals surface area contributed by atoms with Gasteiger partial charge in [-0.25, -0.2) is 0 Å². The summed E-state index contributed by atoms with van der Waals surface area (Å²) < 4.78 is 1.13. The van der Waals surface area contributed by atoms with Gasteiger partial charge in [-0.1, -0.05) is 34.1 Å². The average molecular weight is 311 g/mol. The van der Waals surface area contributed by atoms with Crippen molar-refractivity contribution in [1.82, 2.24) is 5.43 Å². The lowest BCUT2D eigenvalue weighted by Gasteiger charge is -2.17. The third kappa shape index (κ3) is 2.96. The average Bonchev–Trinajstić information content (AvgIpc) is 2.75. The van der Waals surface area contributed by atoms with Gasteiger partial charge in [-0.3, -0.25) is 11.3 Å². The molecule has 0 fully saturated rings. The number of aryl methyl sites for hydroxylation is 1. The van der Waals surface area contributed by atoms with Crippen LogP contribution in [0.1, 0.15) is 22.0 Å². The zero-order valence-electron chi connectivity index (χ0n) is 9.61. The van der Waals surface area contributed by atoms with Crippen LogP contribution < -0.4 is 11.3 Å². The van der Waals surface area contributed by atoms with Crippen LogP contribution in [0, 0.1) is 6.92 Å². The van der Waals surface area contributed by atoms with Gasteiger partial charge in [-0.15, -0.1) is 11.3 Å². The normalized spacial score (nSPS) is 12.6. The number of benzene rings is 1. The number of hydrogen-bond acceptors (Lipinski definition) is 3. The molecule has 1 aromatic carbocycles. The molecule has 0 bridgehead atoms. The molecule has 17 heavy (non-hydrogen) atoms. The number of halogens is 1. The van der Waals surface area contributed by atoms with Crippen molar-refractivity contribution in [2.45, 2.75) is 19.4 Å². The number of hydrogen-bond donors (Lipinski definition) is 2. The largest absolute Gasteiger partial charge is 0.271 e. The Labute approximate surface area is 114 Å². The van der Waals surface area contributed by atoms with Gasteiger partial charge in [0.25, 0.3) is 0 Å². The van der Waals surface area contributed by atoms with E-state index in [1.165, 1.54) is 16.0 Å². The van der Waals surface area contributed by atoms with Crippen LogP contribution in [-0.4, -0.2) is 0 Å². The van der Waals surface area contributed by atoms with Gasteiger partial charge in [0, 0.05) is 9.35 Å². The van der Waals surface area contributed by atoms with Crippen molar-refractivity contribution >= 4 is 27.3 Å². The summed E-state index contributed by atoms with van der Waals surface area (Å²) in [6, 6.07) is 10.6. The van der Waals surface area contributed by atoms with Crippen LogP contribution in [0.25, 0.3) is 0 Å². The number of nitrogens with one attached hydrogen (secondary N) is 1. The van der Waals surface area contributed by atoms with Crippen molar-refractivity contribution < 1.29 is 0 Å². The van der Waals surface area contributed by atoms with Gasteiger partial charge in [-0.2, -0.15) is 0 Å². The minimum absolute atomic E-state index is 0.167. The summed E-state index contributed by atoms with van der Waals surface area (Å²) in [5, 5.41) is 2.11. The van der Waals surface area contributed by atoms with Crippen LogP contribution in [0.2, 0.25) is 0 Å². The van der Waals surface area contributed by atoms with Gasteiger partial charge in [0.1, 0.15) is 0 Å². The third-order valence-corrected chi connectivity index (χ3v) is 4.49. The molecule has 0 saturated carbocycles. The Bertz CT molecular complexity index is 496. The quantitative estimate of drug-likeness (QED) is 0.669. The third-order valence-electron chi connectivity index (χ3n) is 2.86. The first-order chi connectivity index (χ1) is 8.22. The molecule has 1 heterocycles. The Morgan fingerprint density at radius 1 is 1.35 bits per heavy atom. The topological polar surface area (TPSA) is 38.0 Å². The first-order valence-electron chi connectivity index (χ1n) is 5.46. The zero-order chi connectivity index (χ0) is 12.3. The van der Waals surface area contributed by atoms with E-state index >= 15 is 0 Å². The molecule has 0 radical (unpaired) electrons. The van der Waals surface area contributed by atoms with Crippen molar-refractivity contribution in [3.63, 3.8) is 0 Å². The highest BCUT2D eigenvalue weighted by atomic mass is 79.9. The van der Waals surface area contributed by atoms with E-state index in [-0.39, 0.29) is 6.04 Å². The van der Waals surface area contributed by atoms with Crippen LogP contribution in [0.3, 0.4) is 0 Å². The van der Waals surface area contributed by atoms with Crippen molar-refractivity contribution in [2.75, 3.05) is 0 Å². The van der Waals surface area contributed by atoms with E-state index < -0.39 is 0 Å². The van der Waals surface area contributed by atoms with E-state index in [0.29, 0.717) is 0 Å². The summed E-state index contributed by atoms with van der Waals surface area (Å²) >= 11 is 5.33. The second-order valence-corrected chi connectivity index (χ2v) is 5.92. The molecule has 0 spiro atoms. The number of rotatable bonds is 4. The maximum absolute atomic E-state index is 5.67. The van der Waals surface area contributed by atoms with E-state index in [0.717, 1.165) is 10.9 Å². The van der Waals surface area contributed by atoms with Crippen molar-refractivity contribution in [2.24, 2.45) is 5.84 Å². The minimum atomic E-state index is 0.167. The van der Waals surface area contributed by atoms with E-state index in [2.05, 4.69) is 51.9 Å². The molecule has 1 unspecified atom stereocenters. The summed E-state index contributed by atoms with van der Waals surface area (Å²) in [7, 11) is 0. The molecule has 0 aliphatic carbocycles. The number of nitrogens with two attached hydrogens (primary N) is 1. The van der Waals surface area contributed by atoms with Crippen LogP contribution in [0.15, 0.2) is 40.2 Å². The van der Waals surface area contributed by atoms with E-state index in [9.17, 15) is 0 Å². The number of thiophene rings is 1. The lowest BCUT2D eigenvalue weighted by atomic mass is 10.0. The maximum atomic E-state index is 5.67. The highest BCUT2D eigenvalue weighted by Gasteiger charge is 2.14. The predicted octanol–water partition coefficient (Wildman–Crippen LogP) is 3.57. The second kappa shape index (κ2) is 5.78. The van der Waals surface area contributed by atoms with Crippen LogP contribution in [0.5, 0.6) is 0 Å².